The van der Waals surface area contributed by atoms with Gasteiger partial charge >= 0.3 is 0 Å². The molecule has 1 unspecified atom stereocenters. The molecule has 3 heterocycles. The Hall–Kier alpha value is -3.14. The van der Waals surface area contributed by atoms with Gasteiger partial charge in [0.05, 0.1) is 22.2 Å². The number of anilines is 2. The number of nitrogens with two attached hydrogens (primary N) is 2. The van der Waals surface area contributed by atoms with Crippen LogP contribution >= 0.6 is 11.3 Å². The second kappa shape index (κ2) is 9.34. The lowest BCUT2D eigenvalue weighted by Crippen LogP contribution is -1.95. The molecule has 0 spiro atoms. The number of nitrogen functional groups attached to an aromatic ring is 2. The number of thiophene rings is 1. The molecule has 0 saturated carbocycles. The predicted octanol–water partition coefficient (Wildman–Crippen LogP) is 4.24. The molecule has 4 rings (SSSR count). The Bertz CT molecular complexity index is 1250. The van der Waals surface area contributed by atoms with Gasteiger partial charge < -0.3 is 16.2 Å². The number of aromatic nitrogens is 3. The van der Waals surface area contributed by atoms with Crippen molar-refractivity contribution in [1.29, 1.82) is 0 Å². The molecule has 158 valence electrons. The Morgan fingerprint density at radius 1 is 1.13 bits per heavy atom. The SMILES string of the molecule is COCC/C=C/S(=O)c1sc2nc(-c3cnc(N)nc3)cc(-c3ccccc3)c2c1N. The van der Waals surface area contributed by atoms with Gasteiger partial charge in [0.15, 0.2) is 0 Å². The number of nitrogens with zero attached hydrogens (tertiary/aromatic N) is 3. The van der Waals surface area contributed by atoms with Crippen LogP contribution in [0.5, 0.6) is 0 Å². The maximum Gasteiger partial charge on any atom is 0.219 e. The van der Waals surface area contributed by atoms with Gasteiger partial charge in [0.2, 0.25) is 5.95 Å². The summed E-state index contributed by atoms with van der Waals surface area (Å²) in [6.45, 7) is 0.572. The first kappa shape index (κ1) is 21.1. The van der Waals surface area contributed by atoms with Gasteiger partial charge in [-0.1, -0.05) is 36.4 Å². The summed E-state index contributed by atoms with van der Waals surface area (Å²) in [6.07, 6.45) is 5.80. The van der Waals surface area contributed by atoms with Crippen molar-refractivity contribution in [1.82, 2.24) is 15.0 Å². The van der Waals surface area contributed by atoms with E-state index in [1.807, 2.05) is 42.5 Å². The van der Waals surface area contributed by atoms with E-state index in [2.05, 4.69) is 9.97 Å². The maximum atomic E-state index is 12.9. The predicted molar refractivity (Wildman–Crippen MR) is 127 cm³/mol. The fraction of sp³-hybridized carbons (Fsp3) is 0.136. The van der Waals surface area contributed by atoms with Crippen molar-refractivity contribution in [2.24, 2.45) is 0 Å². The smallest absolute Gasteiger partial charge is 0.219 e. The number of fused-ring (bicyclic) bond motifs is 1. The molecule has 0 saturated heterocycles. The molecule has 3 aromatic heterocycles. The van der Waals surface area contributed by atoms with Crippen molar-refractivity contribution in [2.75, 3.05) is 25.2 Å². The van der Waals surface area contributed by atoms with Crippen LogP contribution in [0.15, 0.2) is 64.5 Å². The van der Waals surface area contributed by atoms with E-state index in [1.54, 1.807) is 24.9 Å². The first-order chi connectivity index (χ1) is 15.1. The summed E-state index contributed by atoms with van der Waals surface area (Å²) < 4.78 is 18.5. The van der Waals surface area contributed by atoms with E-state index in [1.165, 1.54) is 11.3 Å². The average Bonchev–Trinajstić information content (AvgIpc) is 3.13. The third-order valence-electron chi connectivity index (χ3n) is 4.61. The number of ether oxygens (including phenoxy) is 1. The molecule has 1 atom stereocenters. The van der Waals surface area contributed by atoms with Crippen molar-refractivity contribution in [2.45, 2.75) is 10.6 Å². The normalized spacial score (nSPS) is 12.5. The van der Waals surface area contributed by atoms with Gasteiger partial charge in [0, 0.05) is 42.5 Å². The minimum atomic E-state index is -1.37. The summed E-state index contributed by atoms with van der Waals surface area (Å²) in [6, 6.07) is 11.9. The summed E-state index contributed by atoms with van der Waals surface area (Å²) >= 11 is 1.33. The van der Waals surface area contributed by atoms with Crippen LogP contribution in [0, 0.1) is 0 Å². The highest BCUT2D eigenvalue weighted by atomic mass is 32.2. The third kappa shape index (κ3) is 4.48. The molecule has 4 N–H and O–H groups in total. The van der Waals surface area contributed by atoms with E-state index in [-0.39, 0.29) is 5.95 Å². The molecular weight excluding hydrogens is 430 g/mol. The zero-order chi connectivity index (χ0) is 21.8. The summed E-state index contributed by atoms with van der Waals surface area (Å²) in [5, 5.41) is 2.45. The molecule has 0 radical (unpaired) electrons. The summed E-state index contributed by atoms with van der Waals surface area (Å²) in [5.41, 5.74) is 15.9. The molecule has 0 bridgehead atoms. The van der Waals surface area contributed by atoms with Crippen molar-refractivity contribution >= 4 is 44.0 Å². The number of methoxy groups -OCH3 is 1. The van der Waals surface area contributed by atoms with Gasteiger partial charge in [0.25, 0.3) is 0 Å². The lowest BCUT2D eigenvalue weighted by molar-refractivity contribution is 0.204. The van der Waals surface area contributed by atoms with Gasteiger partial charge in [-0.15, -0.1) is 11.3 Å². The van der Waals surface area contributed by atoms with E-state index in [0.717, 1.165) is 22.1 Å². The molecule has 0 fully saturated rings. The maximum absolute atomic E-state index is 12.9. The van der Waals surface area contributed by atoms with Gasteiger partial charge in [-0.2, -0.15) is 0 Å². The Balaban J connectivity index is 1.87. The average molecular weight is 452 g/mol. The quantitative estimate of drug-likeness (QED) is 0.404. The van der Waals surface area contributed by atoms with Crippen LogP contribution in [-0.2, 0) is 15.5 Å². The Labute approximate surface area is 186 Å². The summed E-state index contributed by atoms with van der Waals surface area (Å²) in [5.74, 6) is 0.200. The van der Waals surface area contributed by atoms with E-state index >= 15 is 0 Å². The van der Waals surface area contributed by atoms with Crippen LogP contribution in [0.2, 0.25) is 0 Å². The number of pyridine rings is 1. The zero-order valence-corrected chi connectivity index (χ0v) is 18.5. The minimum Gasteiger partial charge on any atom is -0.396 e. The Kier molecular flexibility index (Phi) is 6.36. The number of hydrogen-bond donors (Lipinski definition) is 2. The fourth-order valence-electron chi connectivity index (χ4n) is 3.12. The lowest BCUT2D eigenvalue weighted by atomic mass is 10.0. The third-order valence-corrected chi connectivity index (χ3v) is 7.27. The molecule has 0 amide bonds. The number of rotatable bonds is 7. The molecule has 1 aromatic carbocycles. The van der Waals surface area contributed by atoms with Gasteiger partial charge in [-0.3, -0.25) is 0 Å². The molecule has 31 heavy (non-hydrogen) atoms. The summed E-state index contributed by atoms with van der Waals surface area (Å²) in [7, 11) is 0.260. The molecule has 7 nitrogen and oxygen atoms in total. The van der Waals surface area contributed by atoms with E-state index in [0.29, 0.717) is 33.4 Å². The second-order valence-electron chi connectivity index (χ2n) is 6.69. The highest BCUT2D eigenvalue weighted by molar-refractivity contribution is 7.90. The molecule has 0 aliphatic rings. The van der Waals surface area contributed by atoms with Crippen molar-refractivity contribution in [3.05, 3.63) is 60.3 Å². The second-order valence-corrected chi connectivity index (χ2v) is 9.22. The number of hydrogen-bond acceptors (Lipinski definition) is 8. The van der Waals surface area contributed by atoms with Crippen LogP contribution in [-0.4, -0.2) is 32.9 Å². The van der Waals surface area contributed by atoms with Crippen LogP contribution in [0.4, 0.5) is 11.6 Å². The van der Waals surface area contributed by atoms with Crippen LogP contribution in [0.3, 0.4) is 0 Å². The van der Waals surface area contributed by atoms with Crippen molar-refractivity contribution in [3.63, 3.8) is 0 Å². The molecular formula is C22H21N5O2S2. The van der Waals surface area contributed by atoms with Gasteiger partial charge in [-0.05, 0) is 23.6 Å². The minimum absolute atomic E-state index is 0.200. The summed E-state index contributed by atoms with van der Waals surface area (Å²) in [4.78, 5) is 13.6. The van der Waals surface area contributed by atoms with Crippen LogP contribution < -0.4 is 11.5 Å². The van der Waals surface area contributed by atoms with Crippen LogP contribution in [0.1, 0.15) is 6.42 Å². The highest BCUT2D eigenvalue weighted by Crippen LogP contribution is 2.42. The molecule has 9 heteroatoms. The van der Waals surface area contributed by atoms with Crippen molar-refractivity contribution in [3.8, 4) is 22.4 Å². The van der Waals surface area contributed by atoms with E-state index < -0.39 is 10.8 Å². The fourth-order valence-corrected chi connectivity index (χ4v) is 5.46. The van der Waals surface area contributed by atoms with Crippen molar-refractivity contribution < 1.29 is 8.95 Å². The van der Waals surface area contributed by atoms with Gasteiger partial charge in [-0.25, -0.2) is 19.2 Å². The largest absolute Gasteiger partial charge is 0.396 e. The standard InChI is InChI=1S/C22H21N5O2S2/c1-29-9-5-6-10-31(28)21-19(23)18-16(14-7-3-2-4-8-14)11-17(27-20(18)30-21)15-12-25-22(24)26-13-15/h2-4,6-8,10-13H,5,9,23H2,1H3,(H2,24,25,26)/b10-6+. The molecule has 0 aliphatic carbocycles. The topological polar surface area (TPSA) is 117 Å². The molecule has 4 aromatic rings. The zero-order valence-electron chi connectivity index (χ0n) is 16.8. The monoisotopic (exact) mass is 451 g/mol. The lowest BCUT2D eigenvalue weighted by Gasteiger charge is -2.08. The first-order valence-corrected chi connectivity index (χ1v) is 11.5. The molecule has 0 aliphatic heterocycles. The number of benzene rings is 1. The van der Waals surface area contributed by atoms with Crippen LogP contribution in [0.25, 0.3) is 32.6 Å². The first-order valence-electron chi connectivity index (χ1n) is 9.51. The Morgan fingerprint density at radius 2 is 1.87 bits per heavy atom. The highest BCUT2D eigenvalue weighted by Gasteiger charge is 2.20. The van der Waals surface area contributed by atoms with E-state index in [4.69, 9.17) is 21.2 Å². The Morgan fingerprint density at radius 3 is 2.58 bits per heavy atom. The van der Waals surface area contributed by atoms with Gasteiger partial charge in [0.1, 0.15) is 9.04 Å². The van der Waals surface area contributed by atoms with E-state index in [9.17, 15) is 4.21 Å².